The minimum Gasteiger partial charge on any atom is -0.313 e. The number of rotatable bonds is 3. The molecule has 2 bridgehead atoms. The SMILES string of the molecule is Clc1ccc(C2CC3(N4CCCC4)CCNC2C(c2ccccc2)C3)cc1. The molecule has 4 atom stereocenters. The van der Waals surface area contributed by atoms with Crippen LogP contribution in [0.3, 0.4) is 0 Å². The molecule has 3 heterocycles. The van der Waals surface area contributed by atoms with E-state index in [1.165, 1.54) is 56.3 Å². The highest BCUT2D eigenvalue weighted by molar-refractivity contribution is 6.30. The Labute approximate surface area is 167 Å². The lowest BCUT2D eigenvalue weighted by atomic mass is 9.63. The quantitative estimate of drug-likeness (QED) is 0.787. The van der Waals surface area contributed by atoms with Crippen molar-refractivity contribution < 1.29 is 0 Å². The van der Waals surface area contributed by atoms with Crippen molar-refractivity contribution in [2.45, 2.75) is 55.5 Å². The highest BCUT2D eigenvalue weighted by Gasteiger charge is 2.51. The average molecular weight is 381 g/mol. The molecule has 4 unspecified atom stereocenters. The van der Waals surface area contributed by atoms with Crippen molar-refractivity contribution in [2.75, 3.05) is 19.6 Å². The topological polar surface area (TPSA) is 15.3 Å². The fourth-order valence-electron chi connectivity index (χ4n) is 6.06. The number of likely N-dealkylation sites (tertiary alicyclic amines) is 1. The van der Waals surface area contributed by atoms with Crippen molar-refractivity contribution in [1.82, 2.24) is 10.2 Å². The Kier molecular flexibility index (Phi) is 4.75. The molecule has 0 amide bonds. The summed E-state index contributed by atoms with van der Waals surface area (Å²) in [5, 5.41) is 4.81. The summed E-state index contributed by atoms with van der Waals surface area (Å²) in [5.41, 5.74) is 3.28. The predicted molar refractivity (Wildman–Crippen MR) is 113 cm³/mol. The third-order valence-electron chi connectivity index (χ3n) is 7.34. The summed E-state index contributed by atoms with van der Waals surface area (Å²) >= 11 is 6.19. The van der Waals surface area contributed by atoms with Crippen molar-refractivity contribution in [3.63, 3.8) is 0 Å². The average Bonchev–Trinajstić information content (AvgIpc) is 3.12. The van der Waals surface area contributed by atoms with Crippen molar-refractivity contribution in [1.29, 1.82) is 0 Å². The predicted octanol–water partition coefficient (Wildman–Crippen LogP) is 5.20. The van der Waals surface area contributed by atoms with Crippen molar-refractivity contribution in [2.24, 2.45) is 0 Å². The minimum atomic E-state index is 0.335. The minimum absolute atomic E-state index is 0.335. The number of fused-ring (bicyclic) bond motifs is 4. The number of hydrogen-bond acceptors (Lipinski definition) is 2. The molecule has 4 fully saturated rings. The molecular weight excluding hydrogens is 352 g/mol. The maximum Gasteiger partial charge on any atom is 0.0406 e. The Morgan fingerprint density at radius 3 is 2.15 bits per heavy atom. The maximum atomic E-state index is 6.19. The molecule has 2 aromatic rings. The van der Waals surface area contributed by atoms with Gasteiger partial charge in [0.05, 0.1) is 0 Å². The number of hydrogen-bond donors (Lipinski definition) is 1. The number of halogens is 1. The van der Waals surface area contributed by atoms with Gasteiger partial charge in [-0.3, -0.25) is 4.90 Å². The first-order valence-corrected chi connectivity index (χ1v) is 10.9. The second-order valence-corrected chi connectivity index (χ2v) is 9.17. The standard InChI is InChI=1S/C24H29ClN2/c25-20-10-8-19(9-11-20)22-17-24(27-14-4-5-15-27)12-13-26-23(22)21(16-24)18-6-2-1-3-7-18/h1-3,6-11,21-23,26H,4-5,12-17H2. The molecule has 3 heteroatoms. The molecule has 0 radical (unpaired) electrons. The van der Waals surface area contributed by atoms with E-state index in [9.17, 15) is 0 Å². The van der Waals surface area contributed by atoms with Gasteiger partial charge in [0.2, 0.25) is 0 Å². The molecule has 2 aromatic carbocycles. The van der Waals surface area contributed by atoms with Crippen LogP contribution >= 0.6 is 11.6 Å². The molecular formula is C24H29ClN2. The van der Waals surface area contributed by atoms with Gasteiger partial charge >= 0.3 is 0 Å². The summed E-state index contributed by atoms with van der Waals surface area (Å²) in [5.74, 6) is 1.12. The fraction of sp³-hybridized carbons (Fsp3) is 0.500. The molecule has 0 spiro atoms. The molecule has 1 N–H and O–H groups in total. The number of nitrogens with zero attached hydrogens (tertiary/aromatic N) is 1. The first kappa shape index (κ1) is 17.7. The van der Waals surface area contributed by atoms with Crippen LogP contribution in [0.2, 0.25) is 5.02 Å². The molecule has 142 valence electrons. The van der Waals surface area contributed by atoms with Gasteiger partial charge in [-0.25, -0.2) is 0 Å². The van der Waals surface area contributed by atoms with Crippen molar-refractivity contribution >= 4 is 11.6 Å². The first-order chi connectivity index (χ1) is 13.3. The van der Waals surface area contributed by atoms with E-state index < -0.39 is 0 Å². The van der Waals surface area contributed by atoms with Crippen LogP contribution < -0.4 is 5.32 Å². The summed E-state index contributed by atoms with van der Waals surface area (Å²) in [6, 6.07) is 20.4. The zero-order valence-electron chi connectivity index (χ0n) is 15.9. The number of nitrogens with one attached hydrogen (secondary N) is 1. The molecule has 2 nitrogen and oxygen atoms in total. The van der Waals surface area contributed by atoms with Gasteiger partial charge in [-0.05, 0) is 75.0 Å². The van der Waals surface area contributed by atoms with Crippen LogP contribution in [0.5, 0.6) is 0 Å². The van der Waals surface area contributed by atoms with Gasteiger partial charge in [0.15, 0.2) is 0 Å². The van der Waals surface area contributed by atoms with Crippen LogP contribution in [0, 0.1) is 0 Å². The third kappa shape index (κ3) is 3.22. The summed E-state index contributed by atoms with van der Waals surface area (Å²) in [7, 11) is 0. The van der Waals surface area contributed by atoms with Crippen molar-refractivity contribution in [3.05, 3.63) is 70.7 Å². The van der Waals surface area contributed by atoms with E-state index in [1.807, 2.05) is 0 Å². The Morgan fingerprint density at radius 1 is 0.852 bits per heavy atom. The molecule has 27 heavy (non-hydrogen) atoms. The zero-order chi connectivity index (χ0) is 18.3. The lowest BCUT2D eigenvalue weighted by molar-refractivity contribution is 0.0552. The van der Waals surface area contributed by atoms with E-state index in [4.69, 9.17) is 11.6 Å². The molecule has 3 saturated heterocycles. The first-order valence-electron chi connectivity index (χ1n) is 10.5. The van der Waals surface area contributed by atoms with E-state index in [-0.39, 0.29) is 0 Å². The zero-order valence-corrected chi connectivity index (χ0v) is 16.7. The van der Waals surface area contributed by atoms with E-state index in [1.54, 1.807) is 0 Å². The second-order valence-electron chi connectivity index (χ2n) is 8.73. The van der Waals surface area contributed by atoms with Gasteiger partial charge in [0.1, 0.15) is 0 Å². The Balaban J connectivity index is 1.58. The van der Waals surface area contributed by atoms with Gasteiger partial charge in [-0.1, -0.05) is 54.1 Å². The monoisotopic (exact) mass is 380 g/mol. The second kappa shape index (κ2) is 7.24. The van der Waals surface area contributed by atoms with E-state index in [0.717, 1.165) is 11.6 Å². The smallest absolute Gasteiger partial charge is 0.0406 e. The van der Waals surface area contributed by atoms with E-state index in [2.05, 4.69) is 64.8 Å². The lowest BCUT2D eigenvalue weighted by Gasteiger charge is -2.51. The normalized spacial score (nSPS) is 33.9. The van der Waals surface area contributed by atoms with Crippen LogP contribution in [0.4, 0.5) is 0 Å². The highest BCUT2D eigenvalue weighted by Crippen LogP contribution is 2.52. The van der Waals surface area contributed by atoms with Gasteiger partial charge in [-0.15, -0.1) is 0 Å². The lowest BCUT2D eigenvalue weighted by Crippen LogP contribution is -2.53. The molecule has 3 aliphatic heterocycles. The summed E-state index contributed by atoms with van der Waals surface area (Å²) < 4.78 is 0. The fourth-order valence-corrected chi connectivity index (χ4v) is 6.19. The van der Waals surface area contributed by atoms with Crippen LogP contribution in [-0.2, 0) is 0 Å². The Hall–Kier alpha value is -1.35. The maximum absolute atomic E-state index is 6.19. The molecule has 1 aliphatic carbocycles. The van der Waals surface area contributed by atoms with Crippen LogP contribution in [0.15, 0.2) is 54.6 Å². The summed E-state index contributed by atoms with van der Waals surface area (Å²) in [6.07, 6.45) is 6.56. The highest BCUT2D eigenvalue weighted by atomic mass is 35.5. The Morgan fingerprint density at radius 2 is 1.48 bits per heavy atom. The van der Waals surface area contributed by atoms with Gasteiger partial charge in [0, 0.05) is 28.4 Å². The third-order valence-corrected chi connectivity index (χ3v) is 7.59. The van der Waals surface area contributed by atoms with Crippen LogP contribution in [0.25, 0.3) is 0 Å². The van der Waals surface area contributed by atoms with Crippen molar-refractivity contribution in [3.8, 4) is 0 Å². The van der Waals surface area contributed by atoms with Crippen LogP contribution in [-0.4, -0.2) is 36.1 Å². The van der Waals surface area contributed by atoms with Gasteiger partial charge in [-0.2, -0.15) is 0 Å². The molecule has 0 aromatic heterocycles. The summed E-state index contributed by atoms with van der Waals surface area (Å²) in [6.45, 7) is 3.69. The molecule has 1 saturated carbocycles. The van der Waals surface area contributed by atoms with Crippen LogP contribution in [0.1, 0.15) is 55.1 Å². The van der Waals surface area contributed by atoms with Gasteiger partial charge < -0.3 is 5.32 Å². The number of benzene rings is 2. The Bertz CT molecular complexity index is 769. The largest absolute Gasteiger partial charge is 0.313 e. The summed E-state index contributed by atoms with van der Waals surface area (Å²) in [4.78, 5) is 2.84. The molecule has 6 rings (SSSR count). The molecule has 4 aliphatic rings. The van der Waals surface area contributed by atoms with E-state index >= 15 is 0 Å². The van der Waals surface area contributed by atoms with Gasteiger partial charge in [0.25, 0.3) is 0 Å². The van der Waals surface area contributed by atoms with E-state index in [0.29, 0.717) is 23.4 Å².